The van der Waals surface area contributed by atoms with Crippen molar-refractivity contribution < 1.29 is 19.1 Å². The molecular formula is C12H24O4S2. The molecule has 0 aromatic rings. The molecule has 18 heavy (non-hydrogen) atoms. The zero-order valence-electron chi connectivity index (χ0n) is 12.0. The Morgan fingerprint density at radius 2 is 1.67 bits per heavy atom. The topological polar surface area (TPSA) is 52.6 Å². The van der Waals surface area contributed by atoms with Gasteiger partial charge in [0.15, 0.2) is 10.2 Å². The SMILES string of the molecule is COC(C)CSC(C)=O.COCC(C)SC(C)=O. The number of thioether (sulfide) groups is 2. The molecular weight excluding hydrogens is 272 g/mol. The van der Waals surface area contributed by atoms with Gasteiger partial charge in [0.1, 0.15) is 0 Å². The Morgan fingerprint density at radius 3 is 2.00 bits per heavy atom. The van der Waals surface area contributed by atoms with Crippen LogP contribution in [0.4, 0.5) is 0 Å². The van der Waals surface area contributed by atoms with Gasteiger partial charge in [-0.25, -0.2) is 0 Å². The number of methoxy groups -OCH3 is 2. The fraction of sp³-hybridized carbons (Fsp3) is 0.833. The smallest absolute Gasteiger partial charge is 0.186 e. The van der Waals surface area contributed by atoms with Crippen molar-refractivity contribution in [1.82, 2.24) is 0 Å². The lowest BCUT2D eigenvalue weighted by atomic mass is 10.5. The summed E-state index contributed by atoms with van der Waals surface area (Å²) in [4.78, 5) is 20.8. The molecule has 0 saturated heterocycles. The number of carbonyl (C=O) groups is 2. The van der Waals surface area contributed by atoms with Gasteiger partial charge in [0, 0.05) is 39.1 Å². The van der Waals surface area contributed by atoms with E-state index in [2.05, 4.69) is 0 Å². The van der Waals surface area contributed by atoms with Gasteiger partial charge >= 0.3 is 0 Å². The van der Waals surface area contributed by atoms with Crippen molar-refractivity contribution in [2.45, 2.75) is 39.0 Å². The highest BCUT2D eigenvalue weighted by Crippen LogP contribution is 2.10. The van der Waals surface area contributed by atoms with E-state index in [9.17, 15) is 9.59 Å². The third-order valence-electron chi connectivity index (χ3n) is 1.69. The first-order valence-corrected chi connectivity index (χ1v) is 7.52. The summed E-state index contributed by atoms with van der Waals surface area (Å²) in [6.07, 6.45) is 0.180. The predicted molar refractivity (Wildman–Crippen MR) is 79.2 cm³/mol. The molecule has 0 rings (SSSR count). The third-order valence-corrected chi connectivity index (χ3v) is 3.61. The average molecular weight is 296 g/mol. The molecule has 0 amide bonds. The lowest BCUT2D eigenvalue weighted by Crippen LogP contribution is -2.08. The molecule has 2 unspecified atom stereocenters. The Balaban J connectivity index is 0. The van der Waals surface area contributed by atoms with E-state index >= 15 is 0 Å². The van der Waals surface area contributed by atoms with Crippen LogP contribution in [-0.4, -0.2) is 48.2 Å². The Morgan fingerprint density at radius 1 is 1.11 bits per heavy atom. The molecule has 0 fully saturated rings. The summed E-state index contributed by atoms with van der Waals surface area (Å²) in [7, 11) is 3.28. The van der Waals surface area contributed by atoms with E-state index in [1.165, 1.54) is 23.5 Å². The van der Waals surface area contributed by atoms with Crippen molar-refractivity contribution in [3.05, 3.63) is 0 Å². The molecule has 0 heterocycles. The van der Waals surface area contributed by atoms with Gasteiger partial charge in [-0.1, -0.05) is 30.4 Å². The molecule has 0 aliphatic heterocycles. The third kappa shape index (κ3) is 18.3. The van der Waals surface area contributed by atoms with Gasteiger partial charge < -0.3 is 9.47 Å². The molecule has 0 aliphatic rings. The molecule has 0 bridgehead atoms. The fourth-order valence-electron chi connectivity index (χ4n) is 0.855. The highest BCUT2D eigenvalue weighted by Gasteiger charge is 2.03. The molecule has 0 saturated carbocycles. The van der Waals surface area contributed by atoms with Crippen LogP contribution in [0.2, 0.25) is 0 Å². The van der Waals surface area contributed by atoms with Crippen LogP contribution in [-0.2, 0) is 19.1 Å². The number of rotatable bonds is 6. The van der Waals surface area contributed by atoms with Crippen molar-refractivity contribution >= 4 is 33.8 Å². The molecule has 2 atom stereocenters. The largest absolute Gasteiger partial charge is 0.384 e. The maximum absolute atomic E-state index is 10.4. The Hall–Kier alpha value is -0.0400. The van der Waals surface area contributed by atoms with Crippen LogP contribution in [0.15, 0.2) is 0 Å². The van der Waals surface area contributed by atoms with Crippen molar-refractivity contribution in [1.29, 1.82) is 0 Å². The zero-order valence-corrected chi connectivity index (χ0v) is 13.7. The van der Waals surface area contributed by atoms with Gasteiger partial charge in [-0.2, -0.15) is 0 Å². The first-order valence-electron chi connectivity index (χ1n) is 5.65. The quantitative estimate of drug-likeness (QED) is 0.751. The van der Waals surface area contributed by atoms with Gasteiger partial charge in [0.05, 0.1) is 12.7 Å². The summed E-state index contributed by atoms with van der Waals surface area (Å²) in [6.45, 7) is 7.68. The van der Waals surface area contributed by atoms with Gasteiger partial charge in [0.2, 0.25) is 0 Å². The van der Waals surface area contributed by atoms with E-state index < -0.39 is 0 Å². The van der Waals surface area contributed by atoms with Crippen LogP contribution in [0.1, 0.15) is 27.7 Å². The summed E-state index contributed by atoms with van der Waals surface area (Å²) >= 11 is 2.62. The molecule has 0 spiro atoms. The van der Waals surface area contributed by atoms with Crippen molar-refractivity contribution in [3.8, 4) is 0 Å². The van der Waals surface area contributed by atoms with Gasteiger partial charge in [-0.3, -0.25) is 9.59 Å². The van der Waals surface area contributed by atoms with Crippen LogP contribution in [0, 0.1) is 0 Å². The van der Waals surface area contributed by atoms with Crippen LogP contribution in [0.3, 0.4) is 0 Å². The monoisotopic (exact) mass is 296 g/mol. The number of hydrogen-bond donors (Lipinski definition) is 0. The fourth-order valence-corrected chi connectivity index (χ4v) is 2.23. The van der Waals surface area contributed by atoms with Crippen molar-refractivity contribution in [3.63, 3.8) is 0 Å². The molecule has 6 heteroatoms. The van der Waals surface area contributed by atoms with Crippen molar-refractivity contribution in [2.75, 3.05) is 26.6 Å². The minimum absolute atomic E-state index is 0.152. The highest BCUT2D eigenvalue weighted by molar-refractivity contribution is 8.14. The second-order valence-corrected chi connectivity index (χ2v) is 6.54. The summed E-state index contributed by atoms with van der Waals surface area (Å²) in [6, 6.07) is 0. The Bertz CT molecular complexity index is 234. The molecule has 4 nitrogen and oxygen atoms in total. The van der Waals surface area contributed by atoms with Crippen molar-refractivity contribution in [2.24, 2.45) is 0 Å². The Kier molecular flexibility index (Phi) is 15.1. The maximum Gasteiger partial charge on any atom is 0.186 e. The van der Waals surface area contributed by atoms with Gasteiger partial charge in [-0.15, -0.1) is 0 Å². The maximum atomic E-state index is 10.4. The van der Waals surface area contributed by atoms with Gasteiger partial charge in [-0.05, 0) is 6.92 Å². The van der Waals surface area contributed by atoms with E-state index in [-0.39, 0.29) is 21.6 Å². The van der Waals surface area contributed by atoms with Crippen LogP contribution < -0.4 is 0 Å². The van der Waals surface area contributed by atoms with E-state index in [0.717, 1.165) is 5.75 Å². The minimum atomic E-state index is 0.152. The van der Waals surface area contributed by atoms with Gasteiger partial charge in [0.25, 0.3) is 0 Å². The summed E-state index contributed by atoms with van der Waals surface area (Å²) in [5.74, 6) is 0.756. The number of carbonyl (C=O) groups excluding carboxylic acids is 2. The highest BCUT2D eigenvalue weighted by atomic mass is 32.2. The van der Waals surface area contributed by atoms with E-state index in [1.807, 2.05) is 13.8 Å². The predicted octanol–water partition coefficient (Wildman–Crippen LogP) is 2.60. The lowest BCUT2D eigenvalue weighted by molar-refractivity contribution is -0.110. The molecule has 0 N–H and O–H groups in total. The second-order valence-electron chi connectivity index (χ2n) is 3.72. The standard InChI is InChI=1S/2C6H12O2S/c1-5(8-3)4-9-6(2)7;1-5(4-8-3)9-6(2)7/h2*5H,4H2,1-3H3. The van der Waals surface area contributed by atoms with E-state index in [4.69, 9.17) is 9.47 Å². The second kappa shape index (κ2) is 13.4. The molecule has 0 aromatic heterocycles. The lowest BCUT2D eigenvalue weighted by Gasteiger charge is -2.05. The first kappa shape index (κ1) is 20.3. The molecule has 108 valence electrons. The zero-order chi connectivity index (χ0) is 14.6. The molecule has 0 aliphatic carbocycles. The minimum Gasteiger partial charge on any atom is -0.384 e. The average Bonchev–Trinajstić information content (AvgIpc) is 2.26. The van der Waals surface area contributed by atoms with E-state index in [0.29, 0.717) is 6.61 Å². The molecule has 0 aromatic carbocycles. The van der Waals surface area contributed by atoms with Crippen LogP contribution in [0.5, 0.6) is 0 Å². The normalized spacial score (nSPS) is 13.2. The summed E-state index contributed by atoms with van der Waals surface area (Å²) in [5.41, 5.74) is 0. The first-order chi connectivity index (χ1) is 8.33. The molecule has 0 radical (unpaired) electrons. The number of ether oxygens (including phenoxy) is 2. The Labute approximate surface area is 119 Å². The van der Waals surface area contributed by atoms with Crippen LogP contribution >= 0.6 is 23.5 Å². The summed E-state index contributed by atoms with van der Waals surface area (Å²) < 4.78 is 9.76. The summed E-state index contributed by atoms with van der Waals surface area (Å²) in [5, 5.41) is 0.589. The number of hydrogen-bond acceptors (Lipinski definition) is 6. The van der Waals surface area contributed by atoms with E-state index in [1.54, 1.807) is 28.1 Å². The van der Waals surface area contributed by atoms with Crippen LogP contribution in [0.25, 0.3) is 0 Å².